The van der Waals surface area contributed by atoms with E-state index in [1.165, 1.54) is 6.08 Å². The SMILES string of the molecule is CCO/C(=C/C(=O)C(C)C)NC(=O)Nc1ccc(Cl)cc1. The van der Waals surface area contributed by atoms with Crippen LogP contribution < -0.4 is 10.6 Å². The molecule has 5 nitrogen and oxygen atoms in total. The van der Waals surface area contributed by atoms with E-state index in [-0.39, 0.29) is 17.6 Å². The number of carbonyl (C=O) groups is 2. The summed E-state index contributed by atoms with van der Waals surface area (Å²) in [6.45, 7) is 5.66. The van der Waals surface area contributed by atoms with Crippen LogP contribution in [0.2, 0.25) is 5.02 Å². The lowest BCUT2D eigenvalue weighted by molar-refractivity contribution is -0.117. The van der Waals surface area contributed by atoms with Crippen LogP contribution in [0.25, 0.3) is 0 Å². The van der Waals surface area contributed by atoms with Crippen molar-refractivity contribution in [3.8, 4) is 0 Å². The summed E-state index contributed by atoms with van der Waals surface area (Å²) < 4.78 is 5.24. The van der Waals surface area contributed by atoms with Crippen LogP contribution >= 0.6 is 11.6 Å². The van der Waals surface area contributed by atoms with Crippen molar-refractivity contribution in [3.63, 3.8) is 0 Å². The zero-order chi connectivity index (χ0) is 15.8. The molecule has 0 heterocycles. The molecule has 114 valence electrons. The van der Waals surface area contributed by atoms with Crippen LogP contribution in [0.15, 0.2) is 36.2 Å². The molecular formula is C15H19ClN2O3. The quantitative estimate of drug-likeness (QED) is 0.623. The number of carbonyl (C=O) groups excluding carboxylic acids is 2. The highest BCUT2D eigenvalue weighted by atomic mass is 35.5. The smallest absolute Gasteiger partial charge is 0.326 e. The first-order valence-electron chi connectivity index (χ1n) is 6.64. The monoisotopic (exact) mass is 310 g/mol. The van der Waals surface area contributed by atoms with Crippen molar-refractivity contribution in [2.75, 3.05) is 11.9 Å². The number of allylic oxidation sites excluding steroid dienone is 1. The number of anilines is 1. The third-order valence-electron chi connectivity index (χ3n) is 2.48. The van der Waals surface area contributed by atoms with Crippen LogP contribution in [0.1, 0.15) is 20.8 Å². The largest absolute Gasteiger partial charge is 0.479 e. The van der Waals surface area contributed by atoms with Crippen LogP contribution in [-0.2, 0) is 9.53 Å². The van der Waals surface area contributed by atoms with Gasteiger partial charge in [-0.25, -0.2) is 4.79 Å². The highest BCUT2D eigenvalue weighted by molar-refractivity contribution is 6.30. The lowest BCUT2D eigenvalue weighted by atomic mass is 10.1. The van der Waals surface area contributed by atoms with Crippen LogP contribution in [0.5, 0.6) is 0 Å². The van der Waals surface area contributed by atoms with Gasteiger partial charge in [0.1, 0.15) is 0 Å². The zero-order valence-corrected chi connectivity index (χ0v) is 13.0. The molecule has 6 heteroatoms. The Balaban J connectivity index is 2.68. The summed E-state index contributed by atoms with van der Waals surface area (Å²) in [5.41, 5.74) is 0.586. The normalized spacial score (nSPS) is 11.2. The van der Waals surface area contributed by atoms with Gasteiger partial charge >= 0.3 is 6.03 Å². The van der Waals surface area contributed by atoms with E-state index in [1.807, 2.05) is 0 Å². The predicted octanol–water partition coefficient (Wildman–Crippen LogP) is 3.56. The van der Waals surface area contributed by atoms with Crippen LogP contribution in [0, 0.1) is 5.92 Å². The summed E-state index contributed by atoms with van der Waals surface area (Å²) in [5.74, 6) is -0.158. The van der Waals surface area contributed by atoms with E-state index >= 15 is 0 Å². The lowest BCUT2D eigenvalue weighted by Crippen LogP contribution is -2.30. The van der Waals surface area contributed by atoms with Gasteiger partial charge in [0, 0.05) is 22.7 Å². The standard InChI is InChI=1S/C15H19ClN2O3/c1-4-21-14(9-13(19)10(2)3)18-15(20)17-12-7-5-11(16)6-8-12/h5-10H,4H2,1-3H3,(H2,17,18,20)/b14-9+. The molecule has 1 aromatic rings. The van der Waals surface area contributed by atoms with Crippen LogP contribution in [0.3, 0.4) is 0 Å². The molecule has 0 aliphatic heterocycles. The third kappa shape index (κ3) is 6.31. The molecule has 0 aromatic heterocycles. The molecule has 0 fully saturated rings. The molecule has 21 heavy (non-hydrogen) atoms. The minimum absolute atomic E-state index is 0.120. The first-order valence-corrected chi connectivity index (χ1v) is 7.02. The molecule has 0 saturated carbocycles. The fraction of sp³-hybridized carbons (Fsp3) is 0.333. The number of amides is 2. The molecule has 1 rings (SSSR count). The Morgan fingerprint density at radius 3 is 2.43 bits per heavy atom. The second-order valence-corrected chi connectivity index (χ2v) is 5.02. The van der Waals surface area contributed by atoms with Crippen LogP contribution in [0.4, 0.5) is 10.5 Å². The summed E-state index contributed by atoms with van der Waals surface area (Å²) in [4.78, 5) is 23.5. The second-order valence-electron chi connectivity index (χ2n) is 4.58. The maximum atomic E-state index is 11.8. The van der Waals surface area contributed by atoms with Crippen molar-refractivity contribution in [3.05, 3.63) is 41.2 Å². The zero-order valence-electron chi connectivity index (χ0n) is 12.3. The molecule has 0 spiro atoms. The molecule has 0 aliphatic carbocycles. The van der Waals surface area contributed by atoms with E-state index in [1.54, 1.807) is 45.0 Å². The van der Waals surface area contributed by atoms with E-state index in [0.717, 1.165) is 0 Å². The molecule has 0 saturated heterocycles. The summed E-state index contributed by atoms with van der Waals surface area (Å²) in [5, 5.41) is 5.70. The Morgan fingerprint density at radius 2 is 1.90 bits per heavy atom. The number of urea groups is 1. The van der Waals surface area contributed by atoms with E-state index in [4.69, 9.17) is 16.3 Å². The van der Waals surface area contributed by atoms with Gasteiger partial charge in [-0.05, 0) is 31.2 Å². The number of ether oxygens (including phenoxy) is 1. The Labute approximate surface area is 129 Å². The fourth-order valence-corrected chi connectivity index (χ4v) is 1.50. The van der Waals surface area contributed by atoms with Crippen molar-refractivity contribution in [1.82, 2.24) is 5.32 Å². The molecule has 0 unspecified atom stereocenters. The van der Waals surface area contributed by atoms with Crippen molar-refractivity contribution in [2.24, 2.45) is 5.92 Å². The van der Waals surface area contributed by atoms with Gasteiger partial charge in [0.05, 0.1) is 6.61 Å². The number of halogens is 1. The van der Waals surface area contributed by atoms with Gasteiger partial charge in [0.2, 0.25) is 0 Å². The van der Waals surface area contributed by atoms with E-state index in [9.17, 15) is 9.59 Å². The Bertz CT molecular complexity index is 524. The topological polar surface area (TPSA) is 67.4 Å². The second kappa shape index (κ2) is 8.32. The van der Waals surface area contributed by atoms with E-state index in [2.05, 4.69) is 10.6 Å². The van der Waals surface area contributed by atoms with Crippen LogP contribution in [-0.4, -0.2) is 18.4 Å². The van der Waals surface area contributed by atoms with Gasteiger partial charge in [-0.1, -0.05) is 25.4 Å². The van der Waals surface area contributed by atoms with Gasteiger partial charge < -0.3 is 10.1 Å². The number of benzene rings is 1. The predicted molar refractivity (Wildman–Crippen MR) is 83.2 cm³/mol. The summed E-state index contributed by atoms with van der Waals surface area (Å²) in [6, 6.07) is 6.18. The number of rotatable bonds is 6. The van der Waals surface area contributed by atoms with E-state index in [0.29, 0.717) is 17.3 Å². The highest BCUT2D eigenvalue weighted by Gasteiger charge is 2.10. The number of hydrogen-bond donors (Lipinski definition) is 2. The fourth-order valence-electron chi connectivity index (χ4n) is 1.37. The summed E-state index contributed by atoms with van der Waals surface area (Å²) >= 11 is 5.77. The molecule has 2 amide bonds. The molecule has 2 N–H and O–H groups in total. The Hall–Kier alpha value is -2.01. The average molecular weight is 311 g/mol. The number of ketones is 1. The van der Waals surface area contributed by atoms with Crippen molar-refractivity contribution >= 4 is 29.1 Å². The summed E-state index contributed by atoms with van der Waals surface area (Å²) in [6.07, 6.45) is 1.29. The molecule has 0 aliphatic rings. The van der Waals surface area contributed by atoms with Gasteiger partial charge in [-0.2, -0.15) is 0 Å². The Morgan fingerprint density at radius 1 is 1.29 bits per heavy atom. The number of hydrogen-bond acceptors (Lipinski definition) is 3. The van der Waals surface area contributed by atoms with Gasteiger partial charge in [-0.15, -0.1) is 0 Å². The first-order chi connectivity index (χ1) is 9.92. The molecule has 0 radical (unpaired) electrons. The van der Waals surface area contributed by atoms with Gasteiger partial charge in [0.25, 0.3) is 0 Å². The minimum Gasteiger partial charge on any atom is -0.479 e. The summed E-state index contributed by atoms with van der Waals surface area (Å²) in [7, 11) is 0. The van der Waals surface area contributed by atoms with Crippen molar-refractivity contribution in [1.29, 1.82) is 0 Å². The maximum absolute atomic E-state index is 11.8. The highest BCUT2D eigenvalue weighted by Crippen LogP contribution is 2.13. The molecular weight excluding hydrogens is 292 g/mol. The average Bonchev–Trinajstić information content (AvgIpc) is 2.41. The molecule has 0 atom stereocenters. The van der Waals surface area contributed by atoms with E-state index < -0.39 is 6.03 Å². The first kappa shape index (κ1) is 17.0. The third-order valence-corrected chi connectivity index (χ3v) is 2.73. The number of nitrogens with one attached hydrogen (secondary N) is 2. The minimum atomic E-state index is -0.492. The maximum Gasteiger partial charge on any atom is 0.326 e. The Kier molecular flexibility index (Phi) is 6.75. The van der Waals surface area contributed by atoms with Gasteiger partial charge in [-0.3, -0.25) is 10.1 Å². The molecule has 1 aromatic carbocycles. The lowest BCUT2D eigenvalue weighted by Gasteiger charge is -2.12. The van der Waals surface area contributed by atoms with Crippen molar-refractivity contribution in [2.45, 2.75) is 20.8 Å². The molecule has 0 bridgehead atoms. The van der Waals surface area contributed by atoms with Crippen molar-refractivity contribution < 1.29 is 14.3 Å². The van der Waals surface area contributed by atoms with Gasteiger partial charge in [0.15, 0.2) is 11.7 Å².